The number of nitro groups is 1. The third kappa shape index (κ3) is 2.48. The number of hydrogen-bond donors (Lipinski definition) is 2. The molecule has 6 heteroatoms. The van der Waals surface area contributed by atoms with Crippen molar-refractivity contribution in [2.24, 2.45) is 0 Å². The molecule has 2 rings (SSSR count). The molecule has 0 aliphatic heterocycles. The summed E-state index contributed by atoms with van der Waals surface area (Å²) < 4.78 is 0. The van der Waals surface area contributed by atoms with Crippen molar-refractivity contribution in [1.29, 1.82) is 0 Å². The first-order valence-corrected chi connectivity index (χ1v) is 5.56. The highest BCUT2D eigenvalue weighted by Gasteiger charge is 2.08. The number of aromatic amines is 1. The van der Waals surface area contributed by atoms with Crippen molar-refractivity contribution in [2.45, 2.75) is 20.4 Å². The normalized spacial score (nSPS) is 10.3. The maximum absolute atomic E-state index is 10.7. The van der Waals surface area contributed by atoms with Crippen LogP contribution in [0.2, 0.25) is 0 Å². The van der Waals surface area contributed by atoms with Gasteiger partial charge in [-0.25, -0.2) is 0 Å². The summed E-state index contributed by atoms with van der Waals surface area (Å²) in [6, 6.07) is 6.59. The molecule has 1 aromatic carbocycles. The van der Waals surface area contributed by atoms with Gasteiger partial charge in [-0.05, 0) is 19.4 Å². The van der Waals surface area contributed by atoms with Gasteiger partial charge in [0.2, 0.25) is 0 Å². The zero-order chi connectivity index (χ0) is 13.1. The van der Waals surface area contributed by atoms with Crippen molar-refractivity contribution >= 4 is 11.4 Å². The van der Waals surface area contributed by atoms with E-state index in [0.29, 0.717) is 6.54 Å². The van der Waals surface area contributed by atoms with Crippen molar-refractivity contribution in [2.75, 3.05) is 5.32 Å². The lowest BCUT2D eigenvalue weighted by atomic mass is 10.2. The van der Waals surface area contributed by atoms with Crippen molar-refractivity contribution < 1.29 is 4.92 Å². The highest BCUT2D eigenvalue weighted by Crippen LogP contribution is 2.18. The standard InChI is InChI=1S/C12H14N4O2/c1-8-12(9(2)15-14-8)13-7-10-4-3-5-11(6-10)16(17)18/h3-6,13H,7H2,1-2H3,(H,14,15). The van der Waals surface area contributed by atoms with Gasteiger partial charge in [-0.1, -0.05) is 12.1 Å². The molecular weight excluding hydrogens is 232 g/mol. The van der Waals surface area contributed by atoms with Crippen LogP contribution in [0.5, 0.6) is 0 Å². The number of non-ortho nitro benzene ring substituents is 1. The van der Waals surface area contributed by atoms with Crippen LogP contribution in [0.3, 0.4) is 0 Å². The zero-order valence-corrected chi connectivity index (χ0v) is 10.2. The van der Waals surface area contributed by atoms with Gasteiger partial charge in [0.1, 0.15) is 0 Å². The largest absolute Gasteiger partial charge is 0.378 e. The summed E-state index contributed by atoms with van der Waals surface area (Å²) in [4.78, 5) is 10.3. The van der Waals surface area contributed by atoms with Crippen molar-refractivity contribution in [3.63, 3.8) is 0 Å². The molecule has 0 atom stereocenters. The second-order valence-electron chi connectivity index (χ2n) is 4.09. The molecule has 0 spiro atoms. The Morgan fingerprint density at radius 3 is 2.83 bits per heavy atom. The Kier molecular flexibility index (Phi) is 3.27. The summed E-state index contributed by atoms with van der Waals surface area (Å²) in [5.74, 6) is 0. The second kappa shape index (κ2) is 4.87. The Balaban J connectivity index is 2.11. The molecule has 0 amide bonds. The summed E-state index contributed by atoms with van der Waals surface area (Å²) in [5, 5.41) is 20.9. The minimum Gasteiger partial charge on any atom is -0.378 e. The van der Waals surface area contributed by atoms with Gasteiger partial charge < -0.3 is 5.32 Å². The van der Waals surface area contributed by atoms with E-state index >= 15 is 0 Å². The van der Waals surface area contributed by atoms with Crippen LogP contribution in [0, 0.1) is 24.0 Å². The molecule has 0 radical (unpaired) electrons. The fourth-order valence-electron chi connectivity index (χ4n) is 1.78. The van der Waals surface area contributed by atoms with Gasteiger partial charge in [-0.15, -0.1) is 0 Å². The van der Waals surface area contributed by atoms with E-state index in [-0.39, 0.29) is 5.69 Å². The monoisotopic (exact) mass is 246 g/mol. The van der Waals surface area contributed by atoms with Gasteiger partial charge in [0, 0.05) is 18.7 Å². The maximum atomic E-state index is 10.7. The number of nitrogens with one attached hydrogen (secondary N) is 2. The fraction of sp³-hybridized carbons (Fsp3) is 0.250. The summed E-state index contributed by atoms with van der Waals surface area (Å²) in [7, 11) is 0. The van der Waals surface area contributed by atoms with Crippen LogP contribution >= 0.6 is 0 Å². The minimum absolute atomic E-state index is 0.106. The van der Waals surface area contributed by atoms with Crippen molar-refractivity contribution in [3.05, 3.63) is 51.3 Å². The van der Waals surface area contributed by atoms with E-state index in [1.54, 1.807) is 12.1 Å². The molecule has 6 nitrogen and oxygen atoms in total. The molecule has 94 valence electrons. The third-order valence-electron chi connectivity index (χ3n) is 2.72. The Bertz CT molecular complexity index is 558. The predicted octanol–water partition coefficient (Wildman–Crippen LogP) is 2.55. The second-order valence-corrected chi connectivity index (χ2v) is 4.09. The van der Waals surface area contributed by atoms with Crippen molar-refractivity contribution in [3.8, 4) is 0 Å². The summed E-state index contributed by atoms with van der Waals surface area (Å²) in [5.41, 5.74) is 3.76. The molecule has 0 saturated carbocycles. The van der Waals surface area contributed by atoms with Crippen LogP contribution in [-0.4, -0.2) is 15.1 Å². The molecular formula is C12H14N4O2. The highest BCUT2D eigenvalue weighted by molar-refractivity contribution is 5.52. The smallest absolute Gasteiger partial charge is 0.269 e. The Morgan fingerprint density at radius 1 is 1.44 bits per heavy atom. The average molecular weight is 246 g/mol. The Morgan fingerprint density at radius 2 is 2.22 bits per heavy atom. The van der Waals surface area contributed by atoms with Crippen molar-refractivity contribution in [1.82, 2.24) is 10.2 Å². The van der Waals surface area contributed by atoms with E-state index in [1.165, 1.54) is 6.07 Å². The number of nitrogens with zero attached hydrogens (tertiary/aromatic N) is 2. The Labute approximate surface area is 104 Å². The number of nitro benzene ring substituents is 1. The number of hydrogen-bond acceptors (Lipinski definition) is 4. The van der Waals surface area contributed by atoms with E-state index in [4.69, 9.17) is 0 Å². The van der Waals surface area contributed by atoms with Crippen LogP contribution in [0.1, 0.15) is 17.0 Å². The SMILES string of the molecule is Cc1n[nH]c(C)c1NCc1cccc([N+](=O)[O-])c1. The van der Waals surface area contributed by atoms with E-state index in [0.717, 1.165) is 22.6 Å². The minimum atomic E-state index is -0.391. The molecule has 2 N–H and O–H groups in total. The average Bonchev–Trinajstić information content (AvgIpc) is 2.67. The van der Waals surface area contributed by atoms with Crippen LogP contribution in [0.25, 0.3) is 0 Å². The first kappa shape index (κ1) is 12.1. The number of rotatable bonds is 4. The zero-order valence-electron chi connectivity index (χ0n) is 10.2. The summed E-state index contributed by atoms with van der Waals surface area (Å²) in [6.45, 7) is 4.36. The molecule has 0 bridgehead atoms. The molecule has 0 saturated heterocycles. The van der Waals surface area contributed by atoms with Crippen LogP contribution in [-0.2, 0) is 6.54 Å². The van der Waals surface area contributed by atoms with E-state index in [9.17, 15) is 10.1 Å². The van der Waals surface area contributed by atoms with Gasteiger partial charge in [0.25, 0.3) is 5.69 Å². The molecule has 18 heavy (non-hydrogen) atoms. The van der Waals surface area contributed by atoms with E-state index in [2.05, 4.69) is 15.5 Å². The van der Waals surface area contributed by atoms with Gasteiger partial charge in [0.05, 0.1) is 22.0 Å². The first-order chi connectivity index (χ1) is 8.58. The van der Waals surface area contributed by atoms with Crippen LogP contribution in [0.15, 0.2) is 24.3 Å². The van der Waals surface area contributed by atoms with E-state index in [1.807, 2.05) is 19.9 Å². The molecule has 2 aromatic rings. The lowest BCUT2D eigenvalue weighted by Crippen LogP contribution is -2.01. The number of anilines is 1. The third-order valence-corrected chi connectivity index (χ3v) is 2.72. The molecule has 1 heterocycles. The van der Waals surface area contributed by atoms with Crippen LogP contribution in [0.4, 0.5) is 11.4 Å². The highest BCUT2D eigenvalue weighted by atomic mass is 16.6. The number of H-pyrrole nitrogens is 1. The lowest BCUT2D eigenvalue weighted by molar-refractivity contribution is -0.384. The lowest BCUT2D eigenvalue weighted by Gasteiger charge is -2.06. The summed E-state index contributed by atoms with van der Waals surface area (Å²) >= 11 is 0. The molecule has 0 aliphatic rings. The van der Waals surface area contributed by atoms with Crippen LogP contribution < -0.4 is 5.32 Å². The van der Waals surface area contributed by atoms with Gasteiger partial charge in [-0.3, -0.25) is 15.2 Å². The maximum Gasteiger partial charge on any atom is 0.269 e. The summed E-state index contributed by atoms with van der Waals surface area (Å²) in [6.07, 6.45) is 0. The number of benzene rings is 1. The molecule has 1 aromatic heterocycles. The number of aryl methyl sites for hydroxylation is 2. The Hall–Kier alpha value is -2.37. The van der Waals surface area contributed by atoms with E-state index < -0.39 is 4.92 Å². The molecule has 0 aliphatic carbocycles. The topological polar surface area (TPSA) is 83.8 Å². The predicted molar refractivity (Wildman–Crippen MR) is 68.5 cm³/mol. The number of aromatic nitrogens is 2. The molecule has 0 unspecified atom stereocenters. The molecule has 0 fully saturated rings. The quantitative estimate of drug-likeness (QED) is 0.641. The van der Waals surface area contributed by atoms with Gasteiger partial charge in [-0.2, -0.15) is 5.10 Å². The first-order valence-electron chi connectivity index (χ1n) is 5.56. The fourth-order valence-corrected chi connectivity index (χ4v) is 1.78. The van der Waals surface area contributed by atoms with Gasteiger partial charge >= 0.3 is 0 Å². The van der Waals surface area contributed by atoms with Gasteiger partial charge in [0.15, 0.2) is 0 Å².